The van der Waals surface area contributed by atoms with Gasteiger partial charge in [-0.2, -0.15) is 0 Å². The van der Waals surface area contributed by atoms with Gasteiger partial charge in [-0.15, -0.1) is 0 Å². The third-order valence-corrected chi connectivity index (χ3v) is 4.20. The lowest BCUT2D eigenvalue weighted by Gasteiger charge is -2.28. The molecular formula is C17H18FN. The van der Waals surface area contributed by atoms with Crippen molar-refractivity contribution in [2.45, 2.75) is 37.5 Å². The quantitative estimate of drug-likeness (QED) is 0.760. The van der Waals surface area contributed by atoms with Crippen molar-refractivity contribution in [1.29, 1.82) is 0 Å². The Bertz CT molecular complexity index is 530. The number of pyridine rings is 1. The van der Waals surface area contributed by atoms with Gasteiger partial charge in [-0.05, 0) is 54.7 Å². The van der Waals surface area contributed by atoms with Gasteiger partial charge in [0.25, 0.3) is 0 Å². The van der Waals surface area contributed by atoms with Gasteiger partial charge in [-0.3, -0.25) is 4.98 Å². The number of halogens is 1. The standard InChI is InChI=1S/C17H18FN/c18-17-10-16(11-19-12-17)15-8-6-14(7-9-15)13-4-2-1-3-5-13/h1-5,10-12,14-15H,6-9H2. The van der Waals surface area contributed by atoms with E-state index in [0.29, 0.717) is 11.8 Å². The van der Waals surface area contributed by atoms with Gasteiger partial charge >= 0.3 is 0 Å². The van der Waals surface area contributed by atoms with Crippen molar-refractivity contribution in [3.63, 3.8) is 0 Å². The molecule has 0 bridgehead atoms. The first kappa shape index (κ1) is 12.3. The van der Waals surface area contributed by atoms with Gasteiger partial charge in [0, 0.05) is 6.20 Å². The third-order valence-electron chi connectivity index (χ3n) is 4.20. The molecule has 0 N–H and O–H groups in total. The maximum absolute atomic E-state index is 13.2. The fourth-order valence-electron chi connectivity index (χ4n) is 3.14. The van der Waals surface area contributed by atoms with Crippen LogP contribution in [0.3, 0.4) is 0 Å². The van der Waals surface area contributed by atoms with Crippen LogP contribution in [-0.2, 0) is 0 Å². The Balaban J connectivity index is 1.67. The lowest BCUT2D eigenvalue weighted by molar-refractivity contribution is 0.395. The summed E-state index contributed by atoms with van der Waals surface area (Å²) < 4.78 is 13.2. The van der Waals surface area contributed by atoms with E-state index in [0.717, 1.165) is 18.4 Å². The van der Waals surface area contributed by atoms with Crippen molar-refractivity contribution in [3.05, 3.63) is 65.7 Å². The summed E-state index contributed by atoms with van der Waals surface area (Å²) in [7, 11) is 0. The van der Waals surface area contributed by atoms with E-state index in [1.54, 1.807) is 6.07 Å². The molecular weight excluding hydrogens is 237 g/mol. The van der Waals surface area contributed by atoms with Gasteiger partial charge in [-0.25, -0.2) is 4.39 Å². The predicted molar refractivity (Wildman–Crippen MR) is 74.6 cm³/mol. The highest BCUT2D eigenvalue weighted by molar-refractivity contribution is 5.22. The normalized spacial score (nSPS) is 23.2. The van der Waals surface area contributed by atoms with Crippen molar-refractivity contribution < 1.29 is 4.39 Å². The van der Waals surface area contributed by atoms with E-state index in [4.69, 9.17) is 0 Å². The Morgan fingerprint density at radius 2 is 1.47 bits per heavy atom. The van der Waals surface area contributed by atoms with Gasteiger partial charge < -0.3 is 0 Å². The molecule has 1 heterocycles. The summed E-state index contributed by atoms with van der Waals surface area (Å²) in [5.74, 6) is 0.921. The fourth-order valence-corrected chi connectivity index (χ4v) is 3.14. The summed E-state index contributed by atoms with van der Waals surface area (Å²) in [4.78, 5) is 3.96. The van der Waals surface area contributed by atoms with E-state index >= 15 is 0 Å². The van der Waals surface area contributed by atoms with Gasteiger partial charge in [0.05, 0.1) is 6.20 Å². The molecule has 2 heteroatoms. The number of hydrogen-bond donors (Lipinski definition) is 0. The third kappa shape index (κ3) is 2.83. The first-order valence-electron chi connectivity index (χ1n) is 6.98. The van der Waals surface area contributed by atoms with Crippen LogP contribution in [0.25, 0.3) is 0 Å². The Kier molecular flexibility index (Phi) is 3.58. The molecule has 0 radical (unpaired) electrons. The Labute approximate surface area is 113 Å². The second-order valence-corrected chi connectivity index (χ2v) is 5.40. The molecule has 0 amide bonds. The van der Waals surface area contributed by atoms with E-state index in [-0.39, 0.29) is 5.82 Å². The minimum absolute atomic E-state index is 0.220. The van der Waals surface area contributed by atoms with Crippen molar-refractivity contribution in [1.82, 2.24) is 4.98 Å². The SMILES string of the molecule is Fc1cncc(C2CCC(c3ccccc3)CC2)c1. The summed E-state index contributed by atoms with van der Waals surface area (Å²) in [5.41, 5.74) is 2.50. The Morgan fingerprint density at radius 3 is 2.11 bits per heavy atom. The number of nitrogens with zero attached hydrogens (tertiary/aromatic N) is 1. The van der Waals surface area contributed by atoms with Gasteiger partial charge in [0.2, 0.25) is 0 Å². The zero-order valence-corrected chi connectivity index (χ0v) is 10.9. The van der Waals surface area contributed by atoms with Crippen molar-refractivity contribution in [3.8, 4) is 0 Å². The molecule has 2 aromatic rings. The molecule has 1 aliphatic carbocycles. The topological polar surface area (TPSA) is 12.9 Å². The molecule has 0 atom stereocenters. The lowest BCUT2D eigenvalue weighted by Crippen LogP contribution is -2.12. The molecule has 0 saturated heterocycles. The first-order valence-corrected chi connectivity index (χ1v) is 6.98. The van der Waals surface area contributed by atoms with Crippen molar-refractivity contribution in [2.75, 3.05) is 0 Å². The summed E-state index contributed by atoms with van der Waals surface area (Å²) in [6, 6.07) is 12.4. The number of rotatable bonds is 2. The van der Waals surface area contributed by atoms with Crippen LogP contribution in [0.15, 0.2) is 48.8 Å². The molecule has 1 aliphatic rings. The van der Waals surface area contributed by atoms with Crippen LogP contribution < -0.4 is 0 Å². The Morgan fingerprint density at radius 1 is 0.842 bits per heavy atom. The van der Waals surface area contributed by atoms with E-state index in [1.165, 1.54) is 24.6 Å². The summed E-state index contributed by atoms with van der Waals surface area (Å²) in [6.07, 6.45) is 7.72. The number of hydrogen-bond acceptors (Lipinski definition) is 1. The molecule has 1 nitrogen and oxygen atoms in total. The average molecular weight is 255 g/mol. The molecule has 0 unspecified atom stereocenters. The van der Waals surface area contributed by atoms with Gasteiger partial charge in [0.15, 0.2) is 0 Å². The second kappa shape index (κ2) is 5.52. The van der Waals surface area contributed by atoms with Crippen LogP contribution in [0, 0.1) is 5.82 Å². The zero-order valence-electron chi connectivity index (χ0n) is 10.9. The highest BCUT2D eigenvalue weighted by Gasteiger charge is 2.23. The Hall–Kier alpha value is -1.70. The smallest absolute Gasteiger partial charge is 0.141 e. The number of benzene rings is 1. The maximum atomic E-state index is 13.2. The van der Waals surface area contributed by atoms with Crippen LogP contribution in [0.4, 0.5) is 4.39 Å². The zero-order chi connectivity index (χ0) is 13.1. The van der Waals surface area contributed by atoms with E-state index < -0.39 is 0 Å². The van der Waals surface area contributed by atoms with Crippen molar-refractivity contribution in [2.24, 2.45) is 0 Å². The summed E-state index contributed by atoms with van der Waals surface area (Å²) in [6.45, 7) is 0. The summed E-state index contributed by atoms with van der Waals surface area (Å²) >= 11 is 0. The molecule has 3 rings (SSSR count). The van der Waals surface area contributed by atoms with Crippen LogP contribution in [0.5, 0.6) is 0 Å². The second-order valence-electron chi connectivity index (χ2n) is 5.40. The predicted octanol–water partition coefficient (Wildman–Crippen LogP) is 4.66. The van der Waals surface area contributed by atoms with Crippen LogP contribution >= 0.6 is 0 Å². The molecule has 98 valence electrons. The molecule has 1 aromatic heterocycles. The highest BCUT2D eigenvalue weighted by atomic mass is 19.1. The molecule has 1 saturated carbocycles. The van der Waals surface area contributed by atoms with E-state index in [2.05, 4.69) is 35.3 Å². The minimum atomic E-state index is -0.220. The van der Waals surface area contributed by atoms with Crippen LogP contribution in [-0.4, -0.2) is 4.98 Å². The molecule has 0 aliphatic heterocycles. The number of aromatic nitrogens is 1. The molecule has 1 fully saturated rings. The molecule has 0 spiro atoms. The molecule has 19 heavy (non-hydrogen) atoms. The average Bonchev–Trinajstić information content (AvgIpc) is 2.48. The highest BCUT2D eigenvalue weighted by Crippen LogP contribution is 2.40. The van der Waals surface area contributed by atoms with E-state index in [9.17, 15) is 4.39 Å². The fraction of sp³-hybridized carbons (Fsp3) is 0.353. The van der Waals surface area contributed by atoms with Crippen LogP contribution in [0.1, 0.15) is 48.6 Å². The monoisotopic (exact) mass is 255 g/mol. The maximum Gasteiger partial charge on any atom is 0.141 e. The summed E-state index contributed by atoms with van der Waals surface area (Å²) in [5, 5.41) is 0. The molecule has 1 aromatic carbocycles. The lowest BCUT2D eigenvalue weighted by atomic mass is 9.76. The van der Waals surface area contributed by atoms with Gasteiger partial charge in [0.1, 0.15) is 5.82 Å². The van der Waals surface area contributed by atoms with E-state index in [1.807, 2.05) is 6.20 Å². The van der Waals surface area contributed by atoms with Crippen LogP contribution in [0.2, 0.25) is 0 Å². The minimum Gasteiger partial charge on any atom is -0.261 e. The largest absolute Gasteiger partial charge is 0.261 e. The first-order chi connectivity index (χ1) is 9.33. The van der Waals surface area contributed by atoms with Crippen molar-refractivity contribution >= 4 is 0 Å². The van der Waals surface area contributed by atoms with Gasteiger partial charge in [-0.1, -0.05) is 30.3 Å².